The molecular formula is C13H22N2O. The summed E-state index contributed by atoms with van der Waals surface area (Å²) in [5, 5.41) is 3.37. The van der Waals surface area contributed by atoms with Gasteiger partial charge in [0.15, 0.2) is 0 Å². The van der Waals surface area contributed by atoms with Gasteiger partial charge in [-0.1, -0.05) is 19.9 Å². The quantitative estimate of drug-likeness (QED) is 0.720. The maximum absolute atomic E-state index is 5.49. The highest BCUT2D eigenvalue weighted by Gasteiger charge is 2.01. The first-order valence-corrected chi connectivity index (χ1v) is 6.08. The van der Waals surface area contributed by atoms with Gasteiger partial charge < -0.3 is 10.1 Å². The van der Waals surface area contributed by atoms with Gasteiger partial charge in [-0.25, -0.2) is 4.98 Å². The molecule has 0 aliphatic carbocycles. The Morgan fingerprint density at radius 1 is 1.25 bits per heavy atom. The molecule has 3 heteroatoms. The largest absolute Gasteiger partial charge is 0.478 e. The molecule has 0 unspecified atom stereocenters. The number of aromatic nitrogens is 1. The van der Waals surface area contributed by atoms with Crippen LogP contribution in [0, 0.1) is 6.92 Å². The van der Waals surface area contributed by atoms with Crippen molar-refractivity contribution in [2.45, 2.75) is 40.2 Å². The molecule has 0 amide bonds. The molecule has 1 N–H and O–H groups in total. The summed E-state index contributed by atoms with van der Waals surface area (Å²) >= 11 is 0. The first-order chi connectivity index (χ1) is 7.77. The third-order valence-electron chi connectivity index (χ3n) is 2.37. The van der Waals surface area contributed by atoms with Crippen molar-refractivity contribution in [2.24, 2.45) is 0 Å². The molecule has 0 atom stereocenters. The first kappa shape index (κ1) is 13.0. The zero-order valence-corrected chi connectivity index (χ0v) is 10.5. The zero-order valence-electron chi connectivity index (χ0n) is 10.5. The number of rotatable bonds is 7. The fourth-order valence-electron chi connectivity index (χ4n) is 1.44. The van der Waals surface area contributed by atoms with Gasteiger partial charge in [-0.15, -0.1) is 0 Å². The monoisotopic (exact) mass is 222 g/mol. The lowest BCUT2D eigenvalue weighted by Gasteiger charge is -2.09. The Morgan fingerprint density at radius 3 is 2.69 bits per heavy atom. The summed E-state index contributed by atoms with van der Waals surface area (Å²) in [5.74, 6) is 0.735. The Kier molecular flexibility index (Phi) is 5.86. The molecule has 0 fully saturated rings. The van der Waals surface area contributed by atoms with E-state index in [1.54, 1.807) is 0 Å². The number of ether oxygens (including phenoxy) is 1. The summed E-state index contributed by atoms with van der Waals surface area (Å²) in [6.45, 7) is 8.96. The minimum atomic E-state index is 0.735. The molecule has 1 aromatic heterocycles. The lowest BCUT2D eigenvalue weighted by Crippen LogP contribution is -2.15. The van der Waals surface area contributed by atoms with Crippen molar-refractivity contribution in [3.05, 3.63) is 23.4 Å². The van der Waals surface area contributed by atoms with Gasteiger partial charge >= 0.3 is 0 Å². The van der Waals surface area contributed by atoms with Gasteiger partial charge in [-0.05, 0) is 31.9 Å². The molecule has 0 aliphatic rings. The number of aryl methyl sites for hydroxylation is 1. The fraction of sp³-hybridized carbons (Fsp3) is 0.615. The molecule has 0 saturated heterocycles. The van der Waals surface area contributed by atoms with Crippen molar-refractivity contribution in [1.29, 1.82) is 0 Å². The lowest BCUT2D eigenvalue weighted by molar-refractivity contribution is 0.304. The lowest BCUT2D eigenvalue weighted by atomic mass is 10.2. The minimum Gasteiger partial charge on any atom is -0.478 e. The van der Waals surface area contributed by atoms with Crippen molar-refractivity contribution in [3.63, 3.8) is 0 Å². The maximum atomic E-state index is 5.49. The second-order valence-electron chi connectivity index (χ2n) is 3.92. The summed E-state index contributed by atoms with van der Waals surface area (Å²) in [6.07, 6.45) is 2.17. The molecule has 0 radical (unpaired) electrons. The van der Waals surface area contributed by atoms with Crippen LogP contribution in [0.1, 0.15) is 37.9 Å². The van der Waals surface area contributed by atoms with Crippen LogP contribution in [0.3, 0.4) is 0 Å². The van der Waals surface area contributed by atoms with Crippen LogP contribution in [0.15, 0.2) is 12.1 Å². The molecule has 0 aromatic carbocycles. The van der Waals surface area contributed by atoms with E-state index in [-0.39, 0.29) is 0 Å². The van der Waals surface area contributed by atoms with Crippen LogP contribution < -0.4 is 10.1 Å². The van der Waals surface area contributed by atoms with Gasteiger partial charge in [0, 0.05) is 18.3 Å². The molecular weight excluding hydrogens is 200 g/mol. The predicted molar refractivity (Wildman–Crippen MR) is 66.8 cm³/mol. The molecule has 0 saturated carbocycles. The smallest absolute Gasteiger partial charge is 0.213 e. The summed E-state index contributed by atoms with van der Waals surface area (Å²) in [7, 11) is 0. The average molecular weight is 222 g/mol. The topological polar surface area (TPSA) is 34.1 Å². The number of nitrogens with one attached hydrogen (secondary N) is 1. The highest BCUT2D eigenvalue weighted by atomic mass is 16.5. The van der Waals surface area contributed by atoms with E-state index in [1.165, 1.54) is 5.56 Å². The minimum absolute atomic E-state index is 0.735. The van der Waals surface area contributed by atoms with Gasteiger partial charge in [-0.2, -0.15) is 0 Å². The van der Waals surface area contributed by atoms with Crippen molar-refractivity contribution in [2.75, 3.05) is 13.2 Å². The SMILES string of the molecule is CCCNCc1ccc(OCCC)nc1C. The predicted octanol–water partition coefficient (Wildman–Crippen LogP) is 2.68. The van der Waals surface area contributed by atoms with E-state index >= 15 is 0 Å². The van der Waals surface area contributed by atoms with Gasteiger partial charge in [0.25, 0.3) is 0 Å². The molecule has 0 bridgehead atoms. The second kappa shape index (κ2) is 7.23. The normalized spacial score (nSPS) is 10.4. The summed E-state index contributed by atoms with van der Waals surface area (Å²) in [4.78, 5) is 4.43. The molecule has 90 valence electrons. The third kappa shape index (κ3) is 4.19. The van der Waals surface area contributed by atoms with Gasteiger partial charge in [0.2, 0.25) is 5.88 Å². The van der Waals surface area contributed by atoms with E-state index in [0.29, 0.717) is 0 Å². The van der Waals surface area contributed by atoms with Crippen molar-refractivity contribution in [3.8, 4) is 5.88 Å². The molecule has 1 rings (SSSR count). The van der Waals surface area contributed by atoms with Gasteiger partial charge in [0.1, 0.15) is 0 Å². The summed E-state index contributed by atoms with van der Waals surface area (Å²) in [5.41, 5.74) is 2.30. The van der Waals surface area contributed by atoms with Crippen LogP contribution in [-0.2, 0) is 6.54 Å². The second-order valence-corrected chi connectivity index (χ2v) is 3.92. The standard InChI is InChI=1S/C13H22N2O/c1-4-8-14-10-12-6-7-13(15-11(12)3)16-9-5-2/h6-7,14H,4-5,8-10H2,1-3H3. The van der Waals surface area contributed by atoms with Crippen LogP contribution in [0.25, 0.3) is 0 Å². The van der Waals surface area contributed by atoms with Crippen LogP contribution in [0.5, 0.6) is 5.88 Å². The Labute approximate surface area is 98.2 Å². The van der Waals surface area contributed by atoms with E-state index in [1.807, 2.05) is 13.0 Å². The van der Waals surface area contributed by atoms with E-state index in [4.69, 9.17) is 4.74 Å². The first-order valence-electron chi connectivity index (χ1n) is 6.08. The number of hydrogen-bond donors (Lipinski definition) is 1. The van der Waals surface area contributed by atoms with Crippen LogP contribution in [0.2, 0.25) is 0 Å². The third-order valence-corrected chi connectivity index (χ3v) is 2.37. The van der Waals surface area contributed by atoms with Crippen LogP contribution >= 0.6 is 0 Å². The molecule has 0 aliphatic heterocycles. The fourth-order valence-corrected chi connectivity index (χ4v) is 1.44. The van der Waals surface area contributed by atoms with Gasteiger partial charge in [0.05, 0.1) is 6.61 Å². The maximum Gasteiger partial charge on any atom is 0.213 e. The number of nitrogens with zero attached hydrogens (tertiary/aromatic N) is 1. The van der Waals surface area contributed by atoms with Gasteiger partial charge in [-0.3, -0.25) is 0 Å². The molecule has 16 heavy (non-hydrogen) atoms. The Balaban J connectivity index is 2.53. The summed E-state index contributed by atoms with van der Waals surface area (Å²) in [6, 6.07) is 4.04. The van der Waals surface area contributed by atoms with E-state index < -0.39 is 0 Å². The molecule has 3 nitrogen and oxygen atoms in total. The molecule has 0 spiro atoms. The average Bonchev–Trinajstić information content (AvgIpc) is 2.29. The van der Waals surface area contributed by atoms with Crippen LogP contribution in [0.4, 0.5) is 0 Å². The van der Waals surface area contributed by atoms with Crippen molar-refractivity contribution < 1.29 is 4.74 Å². The van der Waals surface area contributed by atoms with Crippen molar-refractivity contribution in [1.82, 2.24) is 10.3 Å². The Bertz CT molecular complexity index is 313. The van der Waals surface area contributed by atoms with E-state index in [9.17, 15) is 0 Å². The number of hydrogen-bond acceptors (Lipinski definition) is 3. The Morgan fingerprint density at radius 2 is 2.06 bits per heavy atom. The van der Waals surface area contributed by atoms with Crippen molar-refractivity contribution >= 4 is 0 Å². The highest BCUT2D eigenvalue weighted by molar-refractivity contribution is 5.24. The molecule has 1 heterocycles. The Hall–Kier alpha value is -1.09. The zero-order chi connectivity index (χ0) is 11.8. The summed E-state index contributed by atoms with van der Waals surface area (Å²) < 4.78 is 5.49. The molecule has 1 aromatic rings. The van der Waals surface area contributed by atoms with Crippen LogP contribution in [-0.4, -0.2) is 18.1 Å². The van der Waals surface area contributed by atoms with E-state index in [2.05, 4.69) is 30.2 Å². The van der Waals surface area contributed by atoms with E-state index in [0.717, 1.165) is 44.1 Å². The number of pyridine rings is 1. The highest BCUT2D eigenvalue weighted by Crippen LogP contribution is 2.12.